The van der Waals surface area contributed by atoms with Gasteiger partial charge in [-0.15, -0.1) is 11.3 Å². The summed E-state index contributed by atoms with van der Waals surface area (Å²) in [5, 5.41) is 5.77. The zero-order valence-corrected chi connectivity index (χ0v) is 13.5. The molecule has 0 amide bonds. The van der Waals surface area contributed by atoms with Crippen LogP contribution in [-0.4, -0.2) is 17.6 Å². The molecule has 0 aliphatic rings. The number of halogens is 1. The van der Waals surface area contributed by atoms with Crippen molar-refractivity contribution in [3.63, 3.8) is 0 Å². The molecule has 2 heterocycles. The summed E-state index contributed by atoms with van der Waals surface area (Å²) in [6, 6.07) is 8.80. The monoisotopic (exact) mass is 338 g/mol. The molecule has 0 aliphatic heterocycles. The van der Waals surface area contributed by atoms with Crippen LogP contribution in [0.4, 0.5) is 0 Å². The van der Waals surface area contributed by atoms with Crippen molar-refractivity contribution in [1.82, 2.24) is 10.3 Å². The van der Waals surface area contributed by atoms with E-state index in [1.807, 2.05) is 23.6 Å². The van der Waals surface area contributed by atoms with Crippen LogP contribution in [0, 0.1) is 0 Å². The highest BCUT2D eigenvalue weighted by molar-refractivity contribution is 9.10. The molecule has 2 nitrogen and oxygen atoms in total. The van der Waals surface area contributed by atoms with E-state index in [0.29, 0.717) is 6.04 Å². The van der Waals surface area contributed by atoms with Crippen molar-refractivity contribution in [1.29, 1.82) is 0 Å². The summed E-state index contributed by atoms with van der Waals surface area (Å²) in [4.78, 5) is 5.84. The van der Waals surface area contributed by atoms with Crippen LogP contribution in [0.1, 0.15) is 23.9 Å². The lowest BCUT2D eigenvalue weighted by Gasteiger charge is -2.17. The molecule has 0 radical (unpaired) electrons. The van der Waals surface area contributed by atoms with E-state index >= 15 is 0 Å². The maximum atomic E-state index is 4.43. The number of aromatic nitrogens is 1. The van der Waals surface area contributed by atoms with Crippen molar-refractivity contribution < 1.29 is 0 Å². The fourth-order valence-electron chi connectivity index (χ4n) is 2.04. The van der Waals surface area contributed by atoms with Gasteiger partial charge in [0.2, 0.25) is 0 Å². The zero-order chi connectivity index (χ0) is 13.5. The van der Waals surface area contributed by atoms with Crippen LogP contribution >= 0.6 is 27.3 Å². The maximum Gasteiger partial charge on any atom is 0.0419 e. The highest BCUT2D eigenvalue weighted by atomic mass is 79.9. The number of hydrogen-bond donors (Lipinski definition) is 1. The number of nitrogens with zero attached hydrogens (tertiary/aromatic N) is 1. The SMILES string of the molecule is CCCNC(Cc1ccccn1)Cc1cc(Br)cs1. The first kappa shape index (κ1) is 14.7. The minimum absolute atomic E-state index is 0.459. The molecule has 0 spiro atoms. The van der Waals surface area contributed by atoms with E-state index in [0.717, 1.165) is 31.5 Å². The Morgan fingerprint density at radius 1 is 1.37 bits per heavy atom. The molecule has 1 unspecified atom stereocenters. The van der Waals surface area contributed by atoms with E-state index in [-0.39, 0.29) is 0 Å². The predicted octanol–water partition coefficient (Wildman–Crippen LogP) is 4.06. The molecular formula is C15H19BrN2S. The molecule has 0 aromatic carbocycles. The van der Waals surface area contributed by atoms with Crippen LogP contribution in [0.15, 0.2) is 40.3 Å². The van der Waals surface area contributed by atoms with Gasteiger partial charge >= 0.3 is 0 Å². The first-order chi connectivity index (χ1) is 9.28. The minimum atomic E-state index is 0.459. The number of pyridine rings is 1. The van der Waals surface area contributed by atoms with E-state index in [9.17, 15) is 0 Å². The Bertz CT molecular complexity index is 484. The van der Waals surface area contributed by atoms with Gasteiger partial charge in [0.25, 0.3) is 0 Å². The Morgan fingerprint density at radius 3 is 2.89 bits per heavy atom. The normalized spacial score (nSPS) is 12.5. The summed E-state index contributed by atoms with van der Waals surface area (Å²) >= 11 is 5.33. The fourth-order valence-corrected chi connectivity index (χ4v) is 3.57. The van der Waals surface area contributed by atoms with Crippen LogP contribution < -0.4 is 5.32 Å². The van der Waals surface area contributed by atoms with Crippen LogP contribution in [0.25, 0.3) is 0 Å². The Kier molecular flexibility index (Phi) is 6.01. The van der Waals surface area contributed by atoms with Crippen LogP contribution in [0.3, 0.4) is 0 Å². The molecule has 1 atom stereocenters. The lowest BCUT2D eigenvalue weighted by molar-refractivity contribution is 0.503. The van der Waals surface area contributed by atoms with Gasteiger partial charge in [0, 0.05) is 39.1 Å². The lowest BCUT2D eigenvalue weighted by Crippen LogP contribution is -2.33. The topological polar surface area (TPSA) is 24.9 Å². The van der Waals surface area contributed by atoms with E-state index in [4.69, 9.17) is 0 Å². The summed E-state index contributed by atoms with van der Waals surface area (Å²) in [7, 11) is 0. The average molecular weight is 339 g/mol. The molecule has 0 saturated heterocycles. The minimum Gasteiger partial charge on any atom is -0.313 e. The van der Waals surface area contributed by atoms with Gasteiger partial charge in [-0.25, -0.2) is 0 Å². The van der Waals surface area contributed by atoms with E-state index in [1.54, 1.807) is 0 Å². The van der Waals surface area contributed by atoms with Crippen LogP contribution in [0.2, 0.25) is 0 Å². The van der Waals surface area contributed by atoms with Gasteiger partial charge < -0.3 is 5.32 Å². The van der Waals surface area contributed by atoms with Gasteiger partial charge in [-0.1, -0.05) is 13.0 Å². The quantitative estimate of drug-likeness (QED) is 0.823. The number of rotatable bonds is 7. The van der Waals surface area contributed by atoms with E-state index < -0.39 is 0 Å². The van der Waals surface area contributed by atoms with Crippen molar-refractivity contribution in [3.05, 3.63) is 50.9 Å². The molecular weight excluding hydrogens is 320 g/mol. The summed E-state index contributed by atoms with van der Waals surface area (Å²) in [6.45, 7) is 3.26. The lowest BCUT2D eigenvalue weighted by atomic mass is 10.1. The third-order valence-corrected chi connectivity index (χ3v) is 4.65. The number of hydrogen-bond acceptors (Lipinski definition) is 3. The van der Waals surface area contributed by atoms with Gasteiger partial charge in [-0.3, -0.25) is 4.98 Å². The van der Waals surface area contributed by atoms with Gasteiger partial charge in [-0.2, -0.15) is 0 Å². The van der Waals surface area contributed by atoms with Crippen molar-refractivity contribution >= 4 is 27.3 Å². The highest BCUT2D eigenvalue weighted by Crippen LogP contribution is 2.21. The summed E-state index contributed by atoms with van der Waals surface area (Å²) in [5.41, 5.74) is 1.16. The molecule has 2 rings (SSSR count). The Morgan fingerprint density at radius 2 is 2.26 bits per heavy atom. The summed E-state index contributed by atoms with van der Waals surface area (Å²) in [6.07, 6.45) is 5.07. The third-order valence-electron chi connectivity index (χ3n) is 2.93. The second kappa shape index (κ2) is 7.78. The smallest absolute Gasteiger partial charge is 0.0419 e. The number of nitrogens with one attached hydrogen (secondary N) is 1. The van der Waals surface area contributed by atoms with Gasteiger partial charge in [-0.05, 0) is 53.5 Å². The van der Waals surface area contributed by atoms with Gasteiger partial charge in [0.1, 0.15) is 0 Å². The highest BCUT2D eigenvalue weighted by Gasteiger charge is 2.11. The van der Waals surface area contributed by atoms with Gasteiger partial charge in [0.15, 0.2) is 0 Å². The molecule has 0 aliphatic carbocycles. The van der Waals surface area contributed by atoms with E-state index in [2.05, 4.69) is 56.7 Å². The summed E-state index contributed by atoms with van der Waals surface area (Å²) in [5.74, 6) is 0. The zero-order valence-electron chi connectivity index (χ0n) is 11.1. The molecule has 102 valence electrons. The summed E-state index contributed by atoms with van der Waals surface area (Å²) < 4.78 is 1.18. The predicted molar refractivity (Wildman–Crippen MR) is 85.7 cm³/mol. The second-order valence-electron chi connectivity index (χ2n) is 4.61. The van der Waals surface area contributed by atoms with E-state index in [1.165, 1.54) is 9.35 Å². The molecule has 0 bridgehead atoms. The largest absolute Gasteiger partial charge is 0.313 e. The van der Waals surface area contributed by atoms with Crippen molar-refractivity contribution in [2.75, 3.05) is 6.54 Å². The first-order valence-electron chi connectivity index (χ1n) is 6.64. The Hall–Kier alpha value is -0.710. The third kappa shape index (κ3) is 5.05. The van der Waals surface area contributed by atoms with Crippen molar-refractivity contribution in [2.45, 2.75) is 32.2 Å². The van der Waals surface area contributed by atoms with Crippen LogP contribution in [0.5, 0.6) is 0 Å². The van der Waals surface area contributed by atoms with Crippen molar-refractivity contribution in [2.24, 2.45) is 0 Å². The van der Waals surface area contributed by atoms with Crippen LogP contribution in [-0.2, 0) is 12.8 Å². The second-order valence-corrected chi connectivity index (χ2v) is 6.52. The van der Waals surface area contributed by atoms with Gasteiger partial charge in [0.05, 0.1) is 0 Å². The molecule has 2 aromatic rings. The fraction of sp³-hybridized carbons (Fsp3) is 0.400. The standard InChI is InChI=1S/C15H19BrN2S/c1-2-6-17-14(9-13-5-3-4-7-18-13)10-15-8-12(16)11-19-15/h3-5,7-8,11,14,17H,2,6,9-10H2,1H3. The Balaban J connectivity index is 1.99. The molecule has 0 saturated carbocycles. The van der Waals surface area contributed by atoms with Crippen molar-refractivity contribution in [3.8, 4) is 0 Å². The number of thiophene rings is 1. The first-order valence-corrected chi connectivity index (χ1v) is 8.31. The maximum absolute atomic E-state index is 4.43. The Labute approximate surface area is 127 Å². The molecule has 19 heavy (non-hydrogen) atoms. The molecule has 0 fully saturated rings. The molecule has 2 aromatic heterocycles. The molecule has 1 N–H and O–H groups in total. The average Bonchev–Trinajstić information content (AvgIpc) is 2.82. The molecule has 4 heteroatoms.